The molecule has 0 saturated carbocycles. The van der Waals surface area contributed by atoms with Crippen molar-refractivity contribution in [2.24, 2.45) is 0 Å². The van der Waals surface area contributed by atoms with Gasteiger partial charge in [0.15, 0.2) is 5.11 Å². The third kappa shape index (κ3) is 5.26. The Hall–Kier alpha value is -2.48. The summed E-state index contributed by atoms with van der Waals surface area (Å²) in [4.78, 5) is 0. The molecule has 8 heteroatoms. The van der Waals surface area contributed by atoms with Crippen molar-refractivity contribution in [3.05, 3.63) is 48.0 Å². The van der Waals surface area contributed by atoms with Gasteiger partial charge in [0.2, 0.25) is 0 Å². The Bertz CT molecular complexity index is 766. The summed E-state index contributed by atoms with van der Waals surface area (Å²) in [5.74, 6) is 1.11. The number of halogens is 3. The van der Waals surface area contributed by atoms with E-state index in [0.29, 0.717) is 30.4 Å². The minimum Gasteiger partial charge on any atom is -0.494 e. The molecule has 26 heavy (non-hydrogen) atoms. The van der Waals surface area contributed by atoms with Gasteiger partial charge in [-0.2, -0.15) is 13.2 Å². The van der Waals surface area contributed by atoms with Crippen molar-refractivity contribution in [1.29, 1.82) is 0 Å². The first kappa shape index (κ1) is 19.8. The number of anilines is 2. The van der Waals surface area contributed by atoms with E-state index in [1.165, 1.54) is 18.2 Å². The van der Waals surface area contributed by atoms with Crippen LogP contribution in [0.25, 0.3) is 0 Å². The predicted molar refractivity (Wildman–Crippen MR) is 100 cm³/mol. The number of para-hydroxylation sites is 1. The summed E-state index contributed by atoms with van der Waals surface area (Å²) >= 11 is 5.17. The second-order valence-electron chi connectivity index (χ2n) is 5.15. The van der Waals surface area contributed by atoms with Crippen LogP contribution >= 0.6 is 12.2 Å². The number of alkyl halides is 3. The van der Waals surface area contributed by atoms with Crippen LogP contribution in [0.1, 0.15) is 19.4 Å². The van der Waals surface area contributed by atoms with Gasteiger partial charge in [-0.15, -0.1) is 0 Å². The van der Waals surface area contributed by atoms with Crippen molar-refractivity contribution in [3.8, 4) is 11.5 Å². The molecular weight excluding hydrogens is 365 g/mol. The van der Waals surface area contributed by atoms with Gasteiger partial charge >= 0.3 is 6.18 Å². The van der Waals surface area contributed by atoms with Crippen LogP contribution in [0.15, 0.2) is 42.5 Å². The summed E-state index contributed by atoms with van der Waals surface area (Å²) in [5.41, 5.74) is -0.423. The maximum absolute atomic E-state index is 13.1. The number of hydrogen-bond donors (Lipinski definition) is 2. The molecule has 0 amide bonds. The Morgan fingerprint density at radius 1 is 0.962 bits per heavy atom. The highest BCUT2D eigenvalue weighted by Crippen LogP contribution is 2.35. The highest BCUT2D eigenvalue weighted by atomic mass is 32.1. The molecule has 2 aromatic carbocycles. The SMILES string of the molecule is CCOc1ccc(OCC)c(NC(=S)Nc2ccccc2C(F)(F)F)c1. The number of benzene rings is 2. The lowest BCUT2D eigenvalue weighted by Gasteiger charge is -2.18. The van der Waals surface area contributed by atoms with Crippen molar-refractivity contribution >= 4 is 28.7 Å². The van der Waals surface area contributed by atoms with Gasteiger partial charge in [-0.25, -0.2) is 0 Å². The van der Waals surface area contributed by atoms with Crippen molar-refractivity contribution < 1.29 is 22.6 Å². The second-order valence-corrected chi connectivity index (χ2v) is 5.55. The molecule has 0 heterocycles. The van der Waals surface area contributed by atoms with E-state index in [9.17, 15) is 13.2 Å². The minimum absolute atomic E-state index is 0.0105. The molecule has 0 aromatic heterocycles. The molecule has 0 aliphatic heterocycles. The fourth-order valence-electron chi connectivity index (χ4n) is 2.26. The first-order chi connectivity index (χ1) is 12.3. The standard InChI is InChI=1S/C18H19F3N2O2S/c1-3-24-12-9-10-16(25-4-2)15(11-12)23-17(26)22-14-8-6-5-7-13(14)18(19,20)21/h5-11H,3-4H2,1-2H3,(H2,22,23,26). The van der Waals surface area contributed by atoms with Crippen LogP contribution in [-0.2, 0) is 6.18 Å². The Morgan fingerprint density at radius 2 is 1.62 bits per heavy atom. The van der Waals surface area contributed by atoms with Crippen LogP contribution in [0.5, 0.6) is 11.5 Å². The number of thiocarbonyl (C=S) groups is 1. The van der Waals surface area contributed by atoms with Gasteiger partial charge in [0.25, 0.3) is 0 Å². The first-order valence-electron chi connectivity index (χ1n) is 7.99. The van der Waals surface area contributed by atoms with Crippen LogP contribution in [0.4, 0.5) is 24.5 Å². The lowest BCUT2D eigenvalue weighted by Crippen LogP contribution is -2.22. The van der Waals surface area contributed by atoms with Crippen molar-refractivity contribution in [2.75, 3.05) is 23.8 Å². The van der Waals surface area contributed by atoms with E-state index < -0.39 is 11.7 Å². The topological polar surface area (TPSA) is 42.5 Å². The summed E-state index contributed by atoms with van der Waals surface area (Å²) in [6.07, 6.45) is -4.48. The Morgan fingerprint density at radius 3 is 2.27 bits per heavy atom. The number of rotatable bonds is 6. The molecule has 0 atom stereocenters. The molecule has 0 bridgehead atoms. The lowest BCUT2D eigenvalue weighted by molar-refractivity contribution is -0.136. The smallest absolute Gasteiger partial charge is 0.418 e. The molecule has 0 saturated heterocycles. The van der Waals surface area contributed by atoms with Gasteiger partial charge in [0, 0.05) is 6.07 Å². The van der Waals surface area contributed by atoms with E-state index in [4.69, 9.17) is 21.7 Å². The highest BCUT2D eigenvalue weighted by molar-refractivity contribution is 7.80. The Balaban J connectivity index is 2.21. The quantitative estimate of drug-likeness (QED) is 0.661. The fourth-order valence-corrected chi connectivity index (χ4v) is 2.48. The third-order valence-corrected chi connectivity index (χ3v) is 3.49. The summed E-state index contributed by atoms with van der Waals surface area (Å²) in [6.45, 7) is 4.59. The molecule has 0 aliphatic carbocycles. The maximum Gasteiger partial charge on any atom is 0.418 e. The van der Waals surface area contributed by atoms with E-state index >= 15 is 0 Å². The summed E-state index contributed by atoms with van der Waals surface area (Å²) in [7, 11) is 0. The van der Waals surface area contributed by atoms with Gasteiger partial charge < -0.3 is 20.1 Å². The molecule has 2 aromatic rings. The molecule has 4 nitrogen and oxygen atoms in total. The van der Waals surface area contributed by atoms with Gasteiger partial charge in [-0.05, 0) is 50.3 Å². The zero-order valence-corrected chi connectivity index (χ0v) is 15.1. The zero-order chi connectivity index (χ0) is 19.2. The minimum atomic E-state index is -4.48. The van der Waals surface area contributed by atoms with Crippen molar-refractivity contribution in [2.45, 2.75) is 20.0 Å². The molecule has 0 aliphatic rings. The summed E-state index contributed by atoms with van der Waals surface area (Å²) in [5, 5.41) is 5.47. The Kier molecular flexibility index (Phi) is 6.68. The van der Waals surface area contributed by atoms with Crippen LogP contribution in [0.3, 0.4) is 0 Å². The van der Waals surface area contributed by atoms with E-state index in [2.05, 4.69) is 10.6 Å². The molecule has 0 spiro atoms. The third-order valence-electron chi connectivity index (χ3n) is 3.29. The molecule has 2 rings (SSSR count). The summed E-state index contributed by atoms with van der Waals surface area (Å²) in [6, 6.07) is 10.3. The van der Waals surface area contributed by atoms with Crippen LogP contribution in [-0.4, -0.2) is 18.3 Å². The predicted octanol–water partition coefficient (Wildman–Crippen LogP) is 5.31. The number of hydrogen-bond acceptors (Lipinski definition) is 3. The average molecular weight is 384 g/mol. The molecule has 2 N–H and O–H groups in total. The molecule has 0 radical (unpaired) electrons. The van der Waals surface area contributed by atoms with E-state index in [0.717, 1.165) is 6.07 Å². The van der Waals surface area contributed by atoms with E-state index in [1.54, 1.807) is 18.2 Å². The molecular formula is C18H19F3N2O2S. The van der Waals surface area contributed by atoms with Gasteiger partial charge in [-0.3, -0.25) is 0 Å². The Labute approximate surface area is 155 Å². The summed E-state index contributed by atoms with van der Waals surface area (Å²) < 4.78 is 50.2. The van der Waals surface area contributed by atoms with Crippen LogP contribution in [0, 0.1) is 0 Å². The highest BCUT2D eigenvalue weighted by Gasteiger charge is 2.33. The van der Waals surface area contributed by atoms with Gasteiger partial charge in [0.05, 0.1) is 30.2 Å². The number of nitrogens with one attached hydrogen (secondary N) is 2. The van der Waals surface area contributed by atoms with Crippen LogP contribution in [0.2, 0.25) is 0 Å². The van der Waals surface area contributed by atoms with Gasteiger partial charge in [-0.1, -0.05) is 12.1 Å². The molecule has 0 unspecified atom stereocenters. The zero-order valence-electron chi connectivity index (χ0n) is 14.3. The monoisotopic (exact) mass is 384 g/mol. The van der Waals surface area contributed by atoms with Crippen molar-refractivity contribution in [3.63, 3.8) is 0 Å². The average Bonchev–Trinajstić information content (AvgIpc) is 2.57. The number of ether oxygens (including phenoxy) is 2. The fraction of sp³-hybridized carbons (Fsp3) is 0.278. The second kappa shape index (κ2) is 8.75. The first-order valence-corrected chi connectivity index (χ1v) is 8.39. The van der Waals surface area contributed by atoms with Crippen molar-refractivity contribution in [1.82, 2.24) is 0 Å². The maximum atomic E-state index is 13.1. The normalized spacial score (nSPS) is 11.0. The molecule has 0 fully saturated rings. The van der Waals surface area contributed by atoms with Gasteiger partial charge in [0.1, 0.15) is 11.5 Å². The van der Waals surface area contributed by atoms with Crippen LogP contribution < -0.4 is 20.1 Å². The lowest BCUT2D eigenvalue weighted by atomic mass is 10.1. The molecule has 140 valence electrons. The van der Waals surface area contributed by atoms with E-state index in [1.807, 2.05) is 13.8 Å². The van der Waals surface area contributed by atoms with E-state index in [-0.39, 0.29) is 10.8 Å². The largest absolute Gasteiger partial charge is 0.494 e.